The first kappa shape index (κ1) is 17.1. The molecule has 0 atom stereocenters. The maximum Gasteiger partial charge on any atom is 0.271 e. The van der Waals surface area contributed by atoms with Crippen LogP contribution in [0.2, 0.25) is 5.02 Å². The van der Waals surface area contributed by atoms with Crippen molar-refractivity contribution in [2.45, 2.75) is 6.61 Å². The topological polar surface area (TPSA) is 81.1 Å². The molecule has 0 unspecified atom stereocenters. The first-order valence-corrected chi connectivity index (χ1v) is 8.58. The second kappa shape index (κ2) is 7.09. The van der Waals surface area contributed by atoms with Gasteiger partial charge in [-0.25, -0.2) is 4.98 Å². The molecule has 3 aromatic carbocycles. The quantitative estimate of drug-likeness (QED) is 0.373. The first-order chi connectivity index (χ1) is 13.1. The molecule has 0 bridgehead atoms. The summed E-state index contributed by atoms with van der Waals surface area (Å²) in [5.41, 5.74) is 3.16. The highest BCUT2D eigenvalue weighted by molar-refractivity contribution is 6.30. The molecule has 0 radical (unpaired) electrons. The van der Waals surface area contributed by atoms with Crippen LogP contribution in [-0.4, -0.2) is 14.9 Å². The largest absolute Gasteiger partial charge is 0.489 e. The smallest absolute Gasteiger partial charge is 0.271 e. The fourth-order valence-electron chi connectivity index (χ4n) is 2.73. The van der Waals surface area contributed by atoms with Gasteiger partial charge in [0.2, 0.25) is 0 Å². The van der Waals surface area contributed by atoms with Gasteiger partial charge in [-0.2, -0.15) is 0 Å². The number of rotatable bonds is 5. The van der Waals surface area contributed by atoms with Crippen LogP contribution in [0.5, 0.6) is 5.75 Å². The number of nitrogens with zero attached hydrogens (tertiary/aromatic N) is 2. The average molecular weight is 380 g/mol. The Bertz CT molecular complexity index is 1120. The van der Waals surface area contributed by atoms with E-state index in [1.165, 1.54) is 12.1 Å². The lowest BCUT2D eigenvalue weighted by molar-refractivity contribution is -0.384. The minimum Gasteiger partial charge on any atom is -0.489 e. The number of benzene rings is 3. The van der Waals surface area contributed by atoms with Crippen molar-refractivity contribution in [3.8, 4) is 17.1 Å². The number of nitro benzene ring substituents is 1. The molecule has 0 saturated heterocycles. The Balaban J connectivity index is 1.57. The minimum absolute atomic E-state index is 0.0257. The third kappa shape index (κ3) is 3.75. The van der Waals surface area contributed by atoms with E-state index in [9.17, 15) is 10.1 Å². The van der Waals surface area contributed by atoms with Crippen molar-refractivity contribution in [3.05, 3.63) is 87.4 Å². The number of H-pyrrole nitrogens is 1. The Morgan fingerprint density at radius 2 is 1.89 bits per heavy atom. The van der Waals surface area contributed by atoms with Crippen molar-refractivity contribution < 1.29 is 9.66 Å². The number of nitrogens with one attached hydrogen (secondary N) is 1. The van der Waals surface area contributed by atoms with E-state index in [2.05, 4.69) is 9.97 Å². The molecule has 0 fully saturated rings. The molecule has 0 aliphatic rings. The monoisotopic (exact) mass is 379 g/mol. The van der Waals surface area contributed by atoms with Crippen LogP contribution in [0.15, 0.2) is 66.7 Å². The lowest BCUT2D eigenvalue weighted by atomic mass is 10.2. The summed E-state index contributed by atoms with van der Waals surface area (Å²) in [4.78, 5) is 18.1. The maximum atomic E-state index is 10.9. The molecule has 0 spiro atoms. The van der Waals surface area contributed by atoms with E-state index in [0.717, 1.165) is 11.1 Å². The molecule has 1 heterocycles. The highest BCUT2D eigenvalue weighted by Crippen LogP contribution is 2.26. The summed E-state index contributed by atoms with van der Waals surface area (Å²) >= 11 is 5.89. The van der Waals surface area contributed by atoms with Crippen LogP contribution in [0, 0.1) is 10.1 Å². The molecule has 1 N–H and O–H groups in total. The summed E-state index contributed by atoms with van der Waals surface area (Å²) in [5.74, 6) is 1.33. The van der Waals surface area contributed by atoms with E-state index in [0.29, 0.717) is 34.2 Å². The fraction of sp³-hybridized carbons (Fsp3) is 0.0500. The average Bonchev–Trinajstić information content (AvgIpc) is 3.11. The number of halogens is 1. The zero-order valence-corrected chi connectivity index (χ0v) is 14.8. The lowest BCUT2D eigenvalue weighted by Crippen LogP contribution is -1.95. The Kier molecular flexibility index (Phi) is 4.48. The summed E-state index contributed by atoms with van der Waals surface area (Å²) in [6.07, 6.45) is 0. The number of hydrogen-bond acceptors (Lipinski definition) is 4. The van der Waals surface area contributed by atoms with Gasteiger partial charge in [-0.1, -0.05) is 35.9 Å². The Hall–Kier alpha value is -3.38. The second-order valence-corrected chi connectivity index (χ2v) is 6.42. The number of aromatic nitrogens is 2. The van der Waals surface area contributed by atoms with Crippen molar-refractivity contribution in [1.29, 1.82) is 0 Å². The van der Waals surface area contributed by atoms with E-state index in [1.54, 1.807) is 6.07 Å². The highest BCUT2D eigenvalue weighted by atomic mass is 35.5. The van der Waals surface area contributed by atoms with E-state index in [-0.39, 0.29) is 5.69 Å². The molecule has 134 valence electrons. The number of fused-ring (bicyclic) bond motifs is 1. The summed E-state index contributed by atoms with van der Waals surface area (Å²) in [6, 6.07) is 19.6. The van der Waals surface area contributed by atoms with Crippen LogP contribution in [0.25, 0.3) is 22.4 Å². The predicted molar refractivity (Wildman–Crippen MR) is 104 cm³/mol. The Morgan fingerprint density at radius 1 is 1.07 bits per heavy atom. The molecule has 6 nitrogen and oxygen atoms in total. The fourth-order valence-corrected chi connectivity index (χ4v) is 2.85. The maximum absolute atomic E-state index is 10.9. The minimum atomic E-state index is -0.425. The van der Waals surface area contributed by atoms with Crippen LogP contribution in [0.4, 0.5) is 5.69 Å². The van der Waals surface area contributed by atoms with Gasteiger partial charge in [-0.05, 0) is 35.9 Å². The third-order valence-electron chi connectivity index (χ3n) is 4.10. The van der Waals surface area contributed by atoms with Crippen LogP contribution in [-0.2, 0) is 6.61 Å². The number of ether oxygens (including phenoxy) is 1. The van der Waals surface area contributed by atoms with Crippen LogP contribution >= 0.6 is 11.6 Å². The molecule has 0 amide bonds. The molecule has 4 rings (SSSR count). The van der Waals surface area contributed by atoms with Crippen molar-refractivity contribution in [1.82, 2.24) is 9.97 Å². The van der Waals surface area contributed by atoms with Gasteiger partial charge in [0, 0.05) is 22.7 Å². The zero-order chi connectivity index (χ0) is 18.8. The van der Waals surface area contributed by atoms with Crippen molar-refractivity contribution in [2.24, 2.45) is 0 Å². The molecular formula is C20H14ClN3O3. The Labute approximate surface area is 159 Å². The molecule has 0 saturated carbocycles. The summed E-state index contributed by atoms with van der Waals surface area (Å²) in [5, 5.41) is 11.6. The van der Waals surface area contributed by atoms with Gasteiger partial charge in [0.15, 0.2) is 0 Å². The van der Waals surface area contributed by atoms with Gasteiger partial charge in [0.05, 0.1) is 16.0 Å². The predicted octanol–water partition coefficient (Wildman–Crippen LogP) is 5.37. The van der Waals surface area contributed by atoms with Crippen LogP contribution < -0.4 is 4.74 Å². The standard InChI is InChI=1S/C20H14ClN3O3/c21-15-6-4-13(5-7-15)12-27-17-3-1-2-14(10-17)20-22-18-9-8-16(24(25)26)11-19(18)23-20/h1-11H,12H2,(H,22,23). The number of aromatic amines is 1. The number of imidazole rings is 1. The molecule has 0 aliphatic heterocycles. The van der Waals surface area contributed by atoms with E-state index >= 15 is 0 Å². The normalized spacial score (nSPS) is 10.9. The summed E-state index contributed by atoms with van der Waals surface area (Å²) in [7, 11) is 0. The highest BCUT2D eigenvalue weighted by Gasteiger charge is 2.11. The van der Waals surface area contributed by atoms with Crippen molar-refractivity contribution in [2.75, 3.05) is 0 Å². The van der Waals surface area contributed by atoms with Gasteiger partial charge in [-0.3, -0.25) is 10.1 Å². The van der Waals surface area contributed by atoms with Gasteiger partial charge in [0.25, 0.3) is 5.69 Å². The van der Waals surface area contributed by atoms with Gasteiger partial charge >= 0.3 is 0 Å². The zero-order valence-electron chi connectivity index (χ0n) is 14.1. The lowest BCUT2D eigenvalue weighted by Gasteiger charge is -2.07. The summed E-state index contributed by atoms with van der Waals surface area (Å²) < 4.78 is 5.84. The van der Waals surface area contributed by atoms with E-state index < -0.39 is 4.92 Å². The molecule has 4 aromatic rings. The molecule has 7 heteroatoms. The van der Waals surface area contributed by atoms with E-state index in [4.69, 9.17) is 16.3 Å². The summed E-state index contributed by atoms with van der Waals surface area (Å²) in [6.45, 7) is 0.424. The van der Waals surface area contributed by atoms with E-state index in [1.807, 2.05) is 48.5 Å². The SMILES string of the molecule is O=[N+]([O-])c1ccc2nc(-c3cccc(OCc4ccc(Cl)cc4)c3)[nH]c2c1. The number of hydrogen-bond donors (Lipinski definition) is 1. The third-order valence-corrected chi connectivity index (χ3v) is 4.35. The first-order valence-electron chi connectivity index (χ1n) is 8.20. The second-order valence-electron chi connectivity index (χ2n) is 5.99. The Morgan fingerprint density at radius 3 is 2.67 bits per heavy atom. The van der Waals surface area contributed by atoms with Gasteiger partial charge in [0.1, 0.15) is 18.2 Å². The van der Waals surface area contributed by atoms with Crippen molar-refractivity contribution in [3.63, 3.8) is 0 Å². The molecular weight excluding hydrogens is 366 g/mol. The van der Waals surface area contributed by atoms with Crippen LogP contribution in [0.3, 0.4) is 0 Å². The number of non-ortho nitro benzene ring substituents is 1. The van der Waals surface area contributed by atoms with Gasteiger partial charge in [-0.15, -0.1) is 0 Å². The van der Waals surface area contributed by atoms with Crippen molar-refractivity contribution >= 4 is 28.3 Å². The molecule has 0 aliphatic carbocycles. The van der Waals surface area contributed by atoms with Gasteiger partial charge < -0.3 is 9.72 Å². The molecule has 27 heavy (non-hydrogen) atoms. The number of nitro groups is 1. The van der Waals surface area contributed by atoms with Crippen LogP contribution in [0.1, 0.15) is 5.56 Å². The molecule has 1 aromatic heterocycles.